The maximum Gasteiger partial charge on any atom is 0.187 e. The Hall–Kier alpha value is -2.34. The number of halogens is 2. The Morgan fingerprint density at radius 2 is 1.81 bits per heavy atom. The highest BCUT2D eigenvalue weighted by atomic mass is 32.1. The highest BCUT2D eigenvalue weighted by Crippen LogP contribution is 2.03. The highest BCUT2D eigenvalue weighted by molar-refractivity contribution is 7.80. The molecule has 2 N–H and O–H groups in total. The smallest absolute Gasteiger partial charge is 0.187 e. The minimum atomic E-state index is -0.353. The van der Waals surface area contributed by atoms with Gasteiger partial charge >= 0.3 is 0 Å². The molecule has 0 aliphatic carbocycles. The average molecular weight is 305 g/mol. The molecule has 0 atom stereocenters. The Balaban J connectivity index is 1.80. The number of benzene rings is 2. The number of thiocarbonyl (C=S) groups is 1. The second kappa shape index (κ2) is 7.44. The predicted octanol–water partition coefficient (Wildman–Crippen LogP) is 2.96. The van der Waals surface area contributed by atoms with Crippen LogP contribution < -0.4 is 10.7 Å². The van der Waals surface area contributed by atoms with E-state index in [2.05, 4.69) is 15.8 Å². The fraction of sp³-hybridized carbons (Fsp3) is 0.0667. The van der Waals surface area contributed by atoms with Crippen molar-refractivity contribution in [3.8, 4) is 0 Å². The second-order valence-corrected chi connectivity index (χ2v) is 4.61. The number of nitrogens with one attached hydrogen (secondary N) is 2. The quantitative estimate of drug-likeness (QED) is 0.518. The fourth-order valence-corrected chi connectivity index (χ4v) is 1.69. The third kappa shape index (κ3) is 4.92. The molecule has 0 aromatic heterocycles. The summed E-state index contributed by atoms with van der Waals surface area (Å²) in [6.45, 7) is 0.446. The third-order valence-corrected chi connectivity index (χ3v) is 2.88. The van der Waals surface area contributed by atoms with Crippen LogP contribution in [0.15, 0.2) is 53.6 Å². The van der Waals surface area contributed by atoms with E-state index in [1.807, 2.05) is 0 Å². The zero-order valence-electron chi connectivity index (χ0n) is 11.0. The third-order valence-electron chi connectivity index (χ3n) is 2.64. The van der Waals surface area contributed by atoms with E-state index in [4.69, 9.17) is 12.2 Å². The number of rotatable bonds is 4. The summed E-state index contributed by atoms with van der Waals surface area (Å²) in [7, 11) is 0. The zero-order valence-corrected chi connectivity index (χ0v) is 11.8. The summed E-state index contributed by atoms with van der Waals surface area (Å²) in [6, 6.07) is 12.4. The number of nitrogens with zero attached hydrogens (tertiary/aromatic N) is 1. The van der Waals surface area contributed by atoms with Crippen LogP contribution in [0.1, 0.15) is 11.1 Å². The summed E-state index contributed by atoms with van der Waals surface area (Å²) in [5.41, 5.74) is 3.84. The molecule has 0 amide bonds. The average Bonchev–Trinajstić information content (AvgIpc) is 2.49. The van der Waals surface area contributed by atoms with Gasteiger partial charge in [-0.3, -0.25) is 5.43 Å². The number of hydrazone groups is 1. The summed E-state index contributed by atoms with van der Waals surface area (Å²) in [5.74, 6) is -0.637. The maximum atomic E-state index is 13.3. The lowest BCUT2D eigenvalue weighted by atomic mass is 10.2. The van der Waals surface area contributed by atoms with Crippen LogP contribution in [0.25, 0.3) is 0 Å². The first-order valence-corrected chi connectivity index (χ1v) is 6.62. The summed E-state index contributed by atoms with van der Waals surface area (Å²) in [5, 5.41) is 7.06. The van der Waals surface area contributed by atoms with Crippen LogP contribution in [-0.4, -0.2) is 11.3 Å². The molecule has 2 aromatic rings. The molecule has 108 valence electrons. The van der Waals surface area contributed by atoms with Gasteiger partial charge in [0.05, 0.1) is 6.21 Å². The summed E-state index contributed by atoms with van der Waals surface area (Å²) < 4.78 is 26.1. The van der Waals surface area contributed by atoms with Gasteiger partial charge in [0, 0.05) is 12.1 Å². The molecule has 0 aliphatic rings. The van der Waals surface area contributed by atoms with E-state index in [-0.39, 0.29) is 11.6 Å². The highest BCUT2D eigenvalue weighted by Gasteiger charge is 1.98. The van der Waals surface area contributed by atoms with Crippen molar-refractivity contribution in [3.63, 3.8) is 0 Å². The first-order chi connectivity index (χ1) is 10.1. The molecule has 0 aliphatic heterocycles. The Kier molecular flexibility index (Phi) is 5.34. The van der Waals surface area contributed by atoms with Crippen molar-refractivity contribution in [1.29, 1.82) is 0 Å². The topological polar surface area (TPSA) is 36.4 Å². The van der Waals surface area contributed by atoms with E-state index in [1.54, 1.807) is 30.3 Å². The van der Waals surface area contributed by atoms with Gasteiger partial charge in [-0.05, 0) is 36.0 Å². The van der Waals surface area contributed by atoms with E-state index in [1.165, 1.54) is 24.4 Å². The van der Waals surface area contributed by atoms with E-state index >= 15 is 0 Å². The molecule has 2 rings (SSSR count). The van der Waals surface area contributed by atoms with Crippen LogP contribution in [-0.2, 0) is 6.54 Å². The molecule has 21 heavy (non-hydrogen) atoms. The molecule has 0 radical (unpaired) electrons. The minimum Gasteiger partial charge on any atom is -0.357 e. The maximum absolute atomic E-state index is 13.3. The summed E-state index contributed by atoms with van der Waals surface area (Å²) >= 11 is 5.02. The van der Waals surface area contributed by atoms with Crippen molar-refractivity contribution >= 4 is 23.5 Å². The van der Waals surface area contributed by atoms with Crippen LogP contribution in [0.3, 0.4) is 0 Å². The van der Waals surface area contributed by atoms with Gasteiger partial charge < -0.3 is 5.32 Å². The molecule has 0 bridgehead atoms. The van der Waals surface area contributed by atoms with E-state index in [0.29, 0.717) is 17.2 Å². The van der Waals surface area contributed by atoms with Gasteiger partial charge in [0.15, 0.2) is 5.11 Å². The van der Waals surface area contributed by atoms with Gasteiger partial charge in [0.2, 0.25) is 0 Å². The monoisotopic (exact) mass is 305 g/mol. The van der Waals surface area contributed by atoms with Crippen molar-refractivity contribution < 1.29 is 8.78 Å². The van der Waals surface area contributed by atoms with Crippen LogP contribution >= 0.6 is 12.2 Å². The Labute approximate surface area is 126 Å². The number of hydrogen-bond donors (Lipinski definition) is 2. The van der Waals surface area contributed by atoms with Gasteiger partial charge in [-0.2, -0.15) is 5.10 Å². The molecule has 3 nitrogen and oxygen atoms in total. The lowest BCUT2D eigenvalue weighted by molar-refractivity contribution is 0.625. The second-order valence-electron chi connectivity index (χ2n) is 4.20. The standard InChI is InChI=1S/C15H13F2N3S/c16-13-7-5-11(6-8-13)9-18-15(21)20-19-10-12-3-1-2-4-14(12)17/h1-8,10H,9H2,(H2,18,20,21)/b19-10-. The Morgan fingerprint density at radius 3 is 2.52 bits per heavy atom. The molecule has 2 aromatic carbocycles. The van der Waals surface area contributed by atoms with E-state index in [9.17, 15) is 8.78 Å². The largest absolute Gasteiger partial charge is 0.357 e. The normalized spacial score (nSPS) is 10.6. The first-order valence-electron chi connectivity index (χ1n) is 6.21. The van der Waals surface area contributed by atoms with Gasteiger partial charge in [-0.15, -0.1) is 0 Å². The number of hydrogen-bond acceptors (Lipinski definition) is 2. The molecular formula is C15H13F2N3S. The fourth-order valence-electron chi connectivity index (χ4n) is 1.56. The summed E-state index contributed by atoms with van der Waals surface area (Å²) in [6.07, 6.45) is 1.35. The first kappa shape index (κ1) is 15.1. The van der Waals surface area contributed by atoms with Crippen LogP contribution in [0.2, 0.25) is 0 Å². The van der Waals surface area contributed by atoms with Gasteiger partial charge in [0.25, 0.3) is 0 Å². The molecule has 0 unspecified atom stereocenters. The zero-order chi connectivity index (χ0) is 15.1. The van der Waals surface area contributed by atoms with Crippen molar-refractivity contribution in [1.82, 2.24) is 10.7 Å². The van der Waals surface area contributed by atoms with Crippen molar-refractivity contribution in [3.05, 3.63) is 71.3 Å². The molecule has 0 spiro atoms. The molecule has 0 saturated carbocycles. The Morgan fingerprint density at radius 1 is 1.10 bits per heavy atom. The molecular weight excluding hydrogens is 292 g/mol. The van der Waals surface area contributed by atoms with E-state index in [0.717, 1.165) is 5.56 Å². The van der Waals surface area contributed by atoms with E-state index < -0.39 is 0 Å². The van der Waals surface area contributed by atoms with Crippen molar-refractivity contribution in [2.75, 3.05) is 0 Å². The molecule has 0 heterocycles. The predicted molar refractivity (Wildman–Crippen MR) is 83.0 cm³/mol. The van der Waals surface area contributed by atoms with Crippen LogP contribution in [0.4, 0.5) is 8.78 Å². The van der Waals surface area contributed by atoms with Gasteiger partial charge in [-0.25, -0.2) is 8.78 Å². The molecule has 0 fully saturated rings. The lowest BCUT2D eigenvalue weighted by Gasteiger charge is -2.06. The molecule has 6 heteroatoms. The van der Waals surface area contributed by atoms with Crippen molar-refractivity contribution in [2.45, 2.75) is 6.54 Å². The van der Waals surface area contributed by atoms with Gasteiger partial charge in [-0.1, -0.05) is 30.3 Å². The SMILES string of the molecule is Fc1ccc(CNC(=S)N/N=C\c2ccccc2F)cc1. The van der Waals surface area contributed by atoms with Crippen LogP contribution in [0.5, 0.6) is 0 Å². The summed E-state index contributed by atoms with van der Waals surface area (Å²) in [4.78, 5) is 0. The van der Waals surface area contributed by atoms with Gasteiger partial charge in [0.1, 0.15) is 11.6 Å². The Bertz CT molecular complexity index is 642. The molecule has 0 saturated heterocycles. The minimum absolute atomic E-state index is 0.283. The lowest BCUT2D eigenvalue weighted by Crippen LogP contribution is -2.31. The van der Waals surface area contributed by atoms with Crippen LogP contribution in [0, 0.1) is 11.6 Å². The van der Waals surface area contributed by atoms with Crippen molar-refractivity contribution in [2.24, 2.45) is 5.10 Å².